The maximum absolute atomic E-state index is 12.6. The lowest BCUT2D eigenvalue weighted by Gasteiger charge is -2.29. The smallest absolute Gasteiger partial charge is 0.335 e. The van der Waals surface area contributed by atoms with Crippen LogP contribution < -0.4 is 0 Å². The van der Waals surface area contributed by atoms with E-state index in [-0.39, 0.29) is 23.3 Å². The van der Waals surface area contributed by atoms with E-state index in [9.17, 15) is 9.59 Å². The van der Waals surface area contributed by atoms with Crippen molar-refractivity contribution in [3.8, 4) is 0 Å². The number of carbonyl (C=O) groups excluding carboxylic acids is 1. The first-order valence-electron chi connectivity index (χ1n) is 7.89. The Morgan fingerprint density at radius 3 is 2.54 bits per heavy atom. The maximum Gasteiger partial charge on any atom is 0.335 e. The molecule has 122 valence electrons. The Morgan fingerprint density at radius 1 is 1.08 bits per heavy atom. The van der Waals surface area contributed by atoms with E-state index in [1.54, 1.807) is 12.1 Å². The molecule has 4 nitrogen and oxygen atoms in total. The van der Waals surface area contributed by atoms with Gasteiger partial charge in [0.2, 0.25) is 0 Å². The predicted octanol–water partition coefficient (Wildman–Crippen LogP) is 3.78. The molecule has 3 rings (SSSR count). The zero-order valence-electron chi connectivity index (χ0n) is 13.7. The average Bonchev–Trinajstić information content (AvgIpc) is 2.54. The van der Waals surface area contributed by atoms with E-state index in [0.717, 1.165) is 17.7 Å². The van der Waals surface area contributed by atoms with Crippen LogP contribution in [0.1, 0.15) is 52.1 Å². The van der Waals surface area contributed by atoms with Crippen molar-refractivity contribution in [1.82, 2.24) is 0 Å². The third-order valence-corrected chi connectivity index (χ3v) is 4.15. The van der Waals surface area contributed by atoms with Gasteiger partial charge in [-0.05, 0) is 43.5 Å². The summed E-state index contributed by atoms with van der Waals surface area (Å²) in [7, 11) is 0. The van der Waals surface area contributed by atoms with Gasteiger partial charge in [0.15, 0.2) is 5.78 Å². The molecular weight excluding hydrogens is 302 g/mol. The van der Waals surface area contributed by atoms with E-state index in [1.807, 2.05) is 18.2 Å². The molecule has 0 spiro atoms. The molecule has 2 aromatic carbocycles. The molecule has 24 heavy (non-hydrogen) atoms. The van der Waals surface area contributed by atoms with Gasteiger partial charge in [-0.1, -0.05) is 36.4 Å². The number of benzene rings is 2. The lowest BCUT2D eigenvalue weighted by Crippen LogP contribution is -2.30. The molecule has 0 bridgehead atoms. The van der Waals surface area contributed by atoms with Crippen molar-refractivity contribution in [2.24, 2.45) is 4.99 Å². The second-order valence-corrected chi connectivity index (χ2v) is 6.69. The number of Topliss-reactive ketones (excluding diaryl/α,β-unsaturated/α-hetero) is 1. The van der Waals surface area contributed by atoms with Gasteiger partial charge in [0.05, 0.1) is 23.2 Å². The van der Waals surface area contributed by atoms with Crippen molar-refractivity contribution in [2.75, 3.05) is 0 Å². The topological polar surface area (TPSA) is 66.7 Å². The minimum atomic E-state index is -1.04. The van der Waals surface area contributed by atoms with Crippen molar-refractivity contribution in [3.05, 3.63) is 70.8 Å². The summed E-state index contributed by atoms with van der Waals surface area (Å²) in [5.41, 5.74) is 3.25. The van der Waals surface area contributed by atoms with Crippen molar-refractivity contribution in [2.45, 2.75) is 32.2 Å². The maximum atomic E-state index is 12.6. The van der Waals surface area contributed by atoms with Crippen LogP contribution >= 0.6 is 0 Å². The first kappa shape index (κ1) is 16.1. The van der Waals surface area contributed by atoms with Crippen LogP contribution in [0.25, 0.3) is 0 Å². The fraction of sp³-hybridized carbons (Fsp3) is 0.250. The van der Waals surface area contributed by atoms with E-state index in [1.165, 1.54) is 17.7 Å². The van der Waals surface area contributed by atoms with Gasteiger partial charge in [0.25, 0.3) is 0 Å². The normalized spacial score (nSPS) is 15.3. The van der Waals surface area contributed by atoms with Crippen LogP contribution in [-0.2, 0) is 6.42 Å². The van der Waals surface area contributed by atoms with Crippen molar-refractivity contribution in [3.63, 3.8) is 0 Å². The summed E-state index contributed by atoms with van der Waals surface area (Å²) < 4.78 is 0. The summed E-state index contributed by atoms with van der Waals surface area (Å²) >= 11 is 0. The molecule has 1 aliphatic rings. The molecule has 2 aromatic rings. The Morgan fingerprint density at radius 2 is 1.79 bits per heavy atom. The highest BCUT2D eigenvalue weighted by atomic mass is 16.4. The first-order valence-corrected chi connectivity index (χ1v) is 7.89. The average molecular weight is 321 g/mol. The Hall–Kier alpha value is -2.75. The van der Waals surface area contributed by atoms with Crippen molar-refractivity contribution < 1.29 is 14.7 Å². The van der Waals surface area contributed by atoms with E-state index >= 15 is 0 Å². The van der Waals surface area contributed by atoms with Crippen molar-refractivity contribution >= 4 is 17.5 Å². The third kappa shape index (κ3) is 3.27. The van der Waals surface area contributed by atoms with Gasteiger partial charge >= 0.3 is 5.97 Å². The van der Waals surface area contributed by atoms with Crippen LogP contribution in [-0.4, -0.2) is 28.1 Å². The fourth-order valence-corrected chi connectivity index (χ4v) is 3.10. The van der Waals surface area contributed by atoms with E-state index in [4.69, 9.17) is 10.1 Å². The quantitative estimate of drug-likeness (QED) is 0.871. The molecular formula is C20H19NO3. The van der Waals surface area contributed by atoms with Gasteiger partial charge in [-0.3, -0.25) is 9.79 Å². The number of ketones is 1. The third-order valence-electron chi connectivity index (χ3n) is 4.15. The summed E-state index contributed by atoms with van der Waals surface area (Å²) in [5, 5.41) is 9.08. The van der Waals surface area contributed by atoms with Crippen LogP contribution in [0.3, 0.4) is 0 Å². The molecule has 0 saturated heterocycles. The summed E-state index contributed by atoms with van der Waals surface area (Å²) in [6.07, 6.45) is 1.01. The molecule has 0 radical (unpaired) electrons. The Labute approximate surface area is 140 Å². The molecule has 0 amide bonds. The first-order chi connectivity index (χ1) is 11.4. The second-order valence-electron chi connectivity index (χ2n) is 6.69. The minimum Gasteiger partial charge on any atom is -0.478 e. The number of carboxylic acids is 1. The monoisotopic (exact) mass is 321 g/mol. The lowest BCUT2D eigenvalue weighted by atomic mass is 9.85. The van der Waals surface area contributed by atoms with Crippen LogP contribution in [0.15, 0.2) is 53.5 Å². The molecule has 1 heterocycles. The standard InChI is InChI=1S/C20H19NO3/c1-20(2)12-15-6-3-4-9-16(15)17(21-20)11-18(22)13-7-5-8-14(10-13)19(23)24/h3-10H,11-12H2,1-2H3,(H,23,24). The second kappa shape index (κ2) is 6.04. The van der Waals surface area contributed by atoms with Crippen LogP contribution in [0.4, 0.5) is 0 Å². The Kier molecular flexibility index (Phi) is 4.06. The molecule has 0 atom stereocenters. The summed E-state index contributed by atoms with van der Waals surface area (Å²) in [6.45, 7) is 4.11. The van der Waals surface area contributed by atoms with E-state index < -0.39 is 5.97 Å². The Bertz CT molecular complexity index is 849. The van der Waals surface area contributed by atoms with E-state index in [0.29, 0.717) is 5.56 Å². The van der Waals surface area contributed by atoms with Crippen LogP contribution in [0.5, 0.6) is 0 Å². The number of rotatable bonds is 4. The number of aliphatic imine (C=N–C) groups is 1. The Balaban J connectivity index is 1.92. The zero-order chi connectivity index (χ0) is 17.3. The van der Waals surface area contributed by atoms with Gasteiger partial charge in [-0.25, -0.2) is 4.79 Å². The number of hydrogen-bond donors (Lipinski definition) is 1. The summed E-state index contributed by atoms with van der Waals surface area (Å²) in [4.78, 5) is 28.5. The highest BCUT2D eigenvalue weighted by molar-refractivity contribution is 6.17. The molecule has 0 saturated carbocycles. The summed E-state index contributed by atoms with van der Waals surface area (Å²) in [5.74, 6) is -1.16. The van der Waals surface area contributed by atoms with E-state index in [2.05, 4.69) is 19.9 Å². The molecule has 1 aliphatic heterocycles. The highest BCUT2D eigenvalue weighted by Gasteiger charge is 2.27. The molecule has 0 aromatic heterocycles. The lowest BCUT2D eigenvalue weighted by molar-refractivity contribution is 0.0697. The molecule has 0 aliphatic carbocycles. The molecule has 1 N–H and O–H groups in total. The number of carboxylic acid groups (broad SMARTS) is 1. The largest absolute Gasteiger partial charge is 0.478 e. The van der Waals surface area contributed by atoms with Gasteiger partial charge < -0.3 is 5.11 Å². The number of fused-ring (bicyclic) bond motifs is 1. The SMILES string of the molecule is CC1(C)Cc2ccccc2C(CC(=O)c2cccc(C(=O)O)c2)=N1. The number of hydrogen-bond acceptors (Lipinski definition) is 3. The van der Waals surface area contributed by atoms with Gasteiger partial charge in [-0.15, -0.1) is 0 Å². The van der Waals surface area contributed by atoms with Crippen LogP contribution in [0, 0.1) is 0 Å². The molecule has 0 unspecified atom stereocenters. The van der Waals surface area contributed by atoms with Gasteiger partial charge in [0.1, 0.15) is 0 Å². The predicted molar refractivity (Wildman–Crippen MR) is 93.1 cm³/mol. The number of nitrogens with zero attached hydrogens (tertiary/aromatic N) is 1. The minimum absolute atomic E-state index is 0.118. The van der Waals surface area contributed by atoms with Gasteiger partial charge in [0, 0.05) is 5.56 Å². The molecule has 4 heteroatoms. The molecule has 0 fully saturated rings. The number of aromatic carboxylic acids is 1. The van der Waals surface area contributed by atoms with Crippen LogP contribution in [0.2, 0.25) is 0 Å². The summed E-state index contributed by atoms with van der Waals surface area (Å²) in [6, 6.07) is 14.1. The number of carbonyl (C=O) groups is 2. The van der Waals surface area contributed by atoms with Gasteiger partial charge in [-0.2, -0.15) is 0 Å². The fourth-order valence-electron chi connectivity index (χ4n) is 3.10. The van der Waals surface area contributed by atoms with Crippen molar-refractivity contribution in [1.29, 1.82) is 0 Å². The zero-order valence-corrected chi connectivity index (χ0v) is 13.7. The highest BCUT2D eigenvalue weighted by Crippen LogP contribution is 2.28.